The number of aryl methyl sites for hydroxylation is 1. The third-order valence-corrected chi connectivity index (χ3v) is 9.61. The van der Waals surface area contributed by atoms with Crippen molar-refractivity contribution in [3.05, 3.63) is 145 Å². The van der Waals surface area contributed by atoms with Crippen LogP contribution in [0.2, 0.25) is 0 Å². The topological polar surface area (TPSA) is 18.1 Å². The number of nitrogens with zero attached hydrogens (tertiary/aromatic N) is 1. The molecule has 0 N–H and O–H groups in total. The molecule has 0 fully saturated rings. The predicted octanol–water partition coefficient (Wildman–Crippen LogP) is 11.6. The number of para-hydroxylation sites is 1. The lowest BCUT2D eigenvalue weighted by molar-refractivity contribution is 0.549. The zero-order chi connectivity index (χ0) is 28.8. The first-order chi connectivity index (χ1) is 21.8. The Balaban J connectivity index is 1.21. The van der Waals surface area contributed by atoms with E-state index in [9.17, 15) is 0 Å². The van der Waals surface area contributed by atoms with Gasteiger partial charge < -0.3 is 8.98 Å². The van der Waals surface area contributed by atoms with Crippen molar-refractivity contribution in [3.8, 4) is 16.8 Å². The van der Waals surface area contributed by atoms with E-state index in [1.165, 1.54) is 76.2 Å². The van der Waals surface area contributed by atoms with Gasteiger partial charge in [0.05, 0.1) is 16.4 Å². The summed E-state index contributed by atoms with van der Waals surface area (Å²) in [5.74, 6) is 1.10. The zero-order valence-corrected chi connectivity index (χ0v) is 24.0. The van der Waals surface area contributed by atoms with Crippen LogP contribution in [0.15, 0.2) is 138 Å². The van der Waals surface area contributed by atoms with Gasteiger partial charge in [-0.05, 0) is 86.3 Å². The van der Waals surface area contributed by atoms with Gasteiger partial charge in [-0.2, -0.15) is 0 Å². The molecule has 0 bridgehead atoms. The molecule has 44 heavy (non-hydrogen) atoms. The summed E-state index contributed by atoms with van der Waals surface area (Å²) in [7, 11) is 0. The maximum absolute atomic E-state index is 6.60. The van der Waals surface area contributed by atoms with E-state index in [2.05, 4.69) is 144 Å². The number of rotatable bonds is 2. The monoisotopic (exact) mass is 561 g/mol. The van der Waals surface area contributed by atoms with Crippen LogP contribution in [0.25, 0.3) is 88.0 Å². The van der Waals surface area contributed by atoms with Gasteiger partial charge in [0.15, 0.2) is 0 Å². The van der Waals surface area contributed by atoms with Crippen LogP contribution < -0.4 is 0 Å². The van der Waals surface area contributed by atoms with Gasteiger partial charge in [-0.25, -0.2) is 0 Å². The van der Waals surface area contributed by atoms with Crippen LogP contribution in [0.4, 0.5) is 0 Å². The molecule has 0 aliphatic heterocycles. The fourth-order valence-electron chi connectivity index (χ4n) is 7.65. The lowest BCUT2D eigenvalue weighted by Crippen LogP contribution is -1.94. The summed E-state index contributed by atoms with van der Waals surface area (Å²) in [5.41, 5.74) is 8.16. The molecule has 10 rings (SSSR count). The number of furan rings is 1. The molecule has 206 valence electrons. The lowest BCUT2D eigenvalue weighted by Gasteiger charge is -2.13. The van der Waals surface area contributed by atoms with Crippen molar-refractivity contribution in [1.29, 1.82) is 0 Å². The first-order valence-corrected chi connectivity index (χ1v) is 15.4. The average molecular weight is 562 g/mol. The highest BCUT2D eigenvalue weighted by atomic mass is 16.3. The third-order valence-electron chi connectivity index (χ3n) is 9.61. The van der Waals surface area contributed by atoms with E-state index in [4.69, 9.17) is 4.42 Å². The van der Waals surface area contributed by atoms with Crippen molar-refractivity contribution in [2.24, 2.45) is 0 Å². The van der Waals surface area contributed by atoms with Gasteiger partial charge in [0, 0.05) is 28.4 Å². The van der Waals surface area contributed by atoms with E-state index in [-0.39, 0.29) is 0 Å². The van der Waals surface area contributed by atoms with Crippen molar-refractivity contribution in [1.82, 2.24) is 4.57 Å². The summed E-state index contributed by atoms with van der Waals surface area (Å²) in [5, 5.41) is 11.4. The van der Waals surface area contributed by atoms with Crippen LogP contribution in [0.3, 0.4) is 0 Å². The number of hydrogen-bond acceptors (Lipinski definition) is 1. The van der Waals surface area contributed by atoms with Gasteiger partial charge in [-0.3, -0.25) is 0 Å². The molecule has 0 saturated heterocycles. The number of allylic oxidation sites excluding steroid dienone is 1. The van der Waals surface area contributed by atoms with E-state index in [0.717, 1.165) is 29.9 Å². The van der Waals surface area contributed by atoms with Crippen molar-refractivity contribution < 1.29 is 4.42 Å². The minimum absolute atomic E-state index is 0.958. The molecule has 1 aliphatic rings. The average Bonchev–Trinajstić information content (AvgIpc) is 3.64. The van der Waals surface area contributed by atoms with Crippen molar-refractivity contribution in [2.75, 3.05) is 0 Å². The number of hydrogen-bond donors (Lipinski definition) is 0. The normalized spacial score (nSPS) is 13.2. The van der Waals surface area contributed by atoms with Crippen LogP contribution in [0.1, 0.15) is 17.7 Å². The zero-order valence-electron chi connectivity index (χ0n) is 24.0. The van der Waals surface area contributed by atoms with E-state index in [0.29, 0.717) is 0 Å². The summed E-state index contributed by atoms with van der Waals surface area (Å²) in [6.45, 7) is 0. The molecule has 1 aliphatic carbocycles. The molecule has 0 saturated carbocycles. The van der Waals surface area contributed by atoms with Gasteiger partial charge in [0.25, 0.3) is 0 Å². The maximum atomic E-state index is 6.60. The molecule has 0 unspecified atom stereocenters. The summed E-state index contributed by atoms with van der Waals surface area (Å²) in [4.78, 5) is 0. The Morgan fingerprint density at radius 3 is 1.95 bits per heavy atom. The van der Waals surface area contributed by atoms with Gasteiger partial charge in [-0.1, -0.05) is 103 Å². The van der Waals surface area contributed by atoms with Crippen LogP contribution in [-0.2, 0) is 6.42 Å². The second kappa shape index (κ2) is 8.95. The highest BCUT2D eigenvalue weighted by Crippen LogP contribution is 2.42. The first kappa shape index (κ1) is 23.9. The minimum atomic E-state index is 0.958. The van der Waals surface area contributed by atoms with Gasteiger partial charge >= 0.3 is 0 Å². The number of benzene rings is 7. The number of aromatic nitrogens is 1. The van der Waals surface area contributed by atoms with Crippen LogP contribution >= 0.6 is 0 Å². The predicted molar refractivity (Wildman–Crippen MR) is 186 cm³/mol. The SMILES string of the molecule is C1=Cc2c(oc3c2ccc2c3c3ccccc3n2-c2cccc(-c3ccc4c5ccccc5c5ccccc5c4c3)c2)CC1. The van der Waals surface area contributed by atoms with Crippen molar-refractivity contribution >= 4 is 71.2 Å². The molecule has 2 nitrogen and oxygen atoms in total. The Hall–Kier alpha value is -5.60. The van der Waals surface area contributed by atoms with Crippen LogP contribution in [0, 0.1) is 0 Å². The van der Waals surface area contributed by atoms with Gasteiger partial charge in [0.1, 0.15) is 11.3 Å². The summed E-state index contributed by atoms with van der Waals surface area (Å²) >= 11 is 0. The maximum Gasteiger partial charge on any atom is 0.144 e. The molecule has 0 spiro atoms. The quantitative estimate of drug-likeness (QED) is 0.192. The smallest absolute Gasteiger partial charge is 0.144 e. The second-order valence-corrected chi connectivity index (χ2v) is 12.0. The van der Waals surface area contributed by atoms with E-state index in [1.807, 2.05) is 0 Å². The Kier molecular flexibility index (Phi) is 4.86. The molecule has 2 aromatic heterocycles. The van der Waals surface area contributed by atoms with E-state index in [1.54, 1.807) is 0 Å². The molecule has 2 heterocycles. The fraction of sp³-hybridized carbons (Fsp3) is 0.0476. The second-order valence-electron chi connectivity index (χ2n) is 12.0. The Morgan fingerprint density at radius 2 is 1.16 bits per heavy atom. The molecule has 7 aromatic carbocycles. The molecule has 0 atom stereocenters. The lowest BCUT2D eigenvalue weighted by atomic mass is 9.92. The fourth-order valence-corrected chi connectivity index (χ4v) is 7.65. The van der Waals surface area contributed by atoms with E-state index >= 15 is 0 Å². The molecule has 9 aromatic rings. The summed E-state index contributed by atoms with van der Waals surface area (Å²) in [6, 6.07) is 46.7. The van der Waals surface area contributed by atoms with Crippen molar-refractivity contribution in [3.63, 3.8) is 0 Å². The van der Waals surface area contributed by atoms with Gasteiger partial charge in [0.2, 0.25) is 0 Å². The molecule has 0 radical (unpaired) electrons. The Bertz CT molecular complexity index is 2630. The molecular weight excluding hydrogens is 534 g/mol. The van der Waals surface area contributed by atoms with Crippen molar-refractivity contribution in [2.45, 2.75) is 12.8 Å². The summed E-state index contributed by atoms with van der Waals surface area (Å²) in [6.07, 6.45) is 6.48. The van der Waals surface area contributed by atoms with Crippen LogP contribution in [0.5, 0.6) is 0 Å². The highest BCUT2D eigenvalue weighted by molar-refractivity contribution is 6.26. The Morgan fingerprint density at radius 1 is 0.500 bits per heavy atom. The Labute approximate surface area is 254 Å². The molecule has 0 amide bonds. The largest absolute Gasteiger partial charge is 0.460 e. The van der Waals surface area contributed by atoms with E-state index < -0.39 is 0 Å². The van der Waals surface area contributed by atoms with Gasteiger partial charge in [-0.15, -0.1) is 0 Å². The van der Waals surface area contributed by atoms with Crippen LogP contribution in [-0.4, -0.2) is 4.57 Å². The summed E-state index contributed by atoms with van der Waals surface area (Å²) < 4.78 is 8.99. The third kappa shape index (κ3) is 3.25. The standard InChI is InChI=1S/C42H27NO/c1-2-14-31-29(12-1)30-13-3-4-15-32(30)37-25-27(20-21-33(31)37)26-10-9-11-28(24-26)43-38-18-7-5-17-36(38)41-39(43)23-22-35-34-16-6-8-19-40(34)44-42(35)41/h1-7,9-18,20-25H,8,19H2. The first-order valence-electron chi connectivity index (χ1n) is 15.4. The highest BCUT2D eigenvalue weighted by Gasteiger charge is 2.21. The molecule has 2 heteroatoms. The molecular formula is C42H27NO. The minimum Gasteiger partial charge on any atom is -0.460 e. The number of fused-ring (bicyclic) bond motifs is 13.